The number of nitrogens with zero attached hydrogens (tertiary/aromatic N) is 4. The molecule has 0 unspecified atom stereocenters. The van der Waals surface area contributed by atoms with Crippen molar-refractivity contribution in [2.24, 2.45) is 0 Å². The Labute approximate surface area is 162 Å². The zero-order chi connectivity index (χ0) is 21.0. The first kappa shape index (κ1) is 20.4. The number of hydrogen-bond donors (Lipinski definition) is 2. The maximum atomic E-state index is 12.7. The molecule has 1 aromatic carbocycles. The number of halogens is 3. The second-order valence-corrected chi connectivity index (χ2v) is 6.21. The van der Waals surface area contributed by atoms with Crippen LogP contribution in [0.4, 0.5) is 24.7 Å². The minimum Gasteiger partial charge on any atom is -0.444 e. The van der Waals surface area contributed by atoms with Crippen LogP contribution in [0, 0.1) is 10.1 Å². The first-order valence-corrected chi connectivity index (χ1v) is 8.51. The Morgan fingerprint density at radius 1 is 1.31 bits per heavy atom. The van der Waals surface area contributed by atoms with Crippen LogP contribution in [0.5, 0.6) is 6.01 Å². The molecule has 1 amide bonds. The molecular weight excluding hydrogens is 397 g/mol. The van der Waals surface area contributed by atoms with Gasteiger partial charge in [0.15, 0.2) is 0 Å². The van der Waals surface area contributed by atoms with E-state index in [-0.39, 0.29) is 30.7 Å². The van der Waals surface area contributed by atoms with Crippen molar-refractivity contribution in [3.05, 3.63) is 46.1 Å². The van der Waals surface area contributed by atoms with Gasteiger partial charge < -0.3 is 14.9 Å². The quantitative estimate of drug-likeness (QED) is 0.565. The number of hydrogen-bond acceptors (Lipinski definition) is 7. The molecule has 0 bridgehead atoms. The fraction of sp³-hybridized carbons (Fsp3) is 0.375. The van der Waals surface area contributed by atoms with Crippen molar-refractivity contribution >= 4 is 17.4 Å². The molecule has 1 aliphatic heterocycles. The summed E-state index contributed by atoms with van der Waals surface area (Å²) in [7, 11) is 0. The maximum Gasteiger partial charge on any atom is 0.416 e. The number of ether oxygens (including phenoxy) is 1. The second kappa shape index (κ2) is 8.34. The first-order valence-electron chi connectivity index (χ1n) is 8.51. The topological polar surface area (TPSA) is 115 Å². The highest BCUT2D eigenvalue weighted by atomic mass is 19.4. The first-order chi connectivity index (χ1) is 13.7. The van der Waals surface area contributed by atoms with Gasteiger partial charge in [0.2, 0.25) is 0 Å². The van der Waals surface area contributed by atoms with Crippen LogP contribution < -0.4 is 15.6 Å². The van der Waals surface area contributed by atoms with Crippen LogP contribution in [-0.2, 0) is 17.5 Å². The third kappa shape index (κ3) is 5.34. The number of alkyl halides is 3. The zero-order valence-electron chi connectivity index (χ0n) is 15.0. The van der Waals surface area contributed by atoms with Crippen LogP contribution in [0.2, 0.25) is 0 Å². The lowest BCUT2D eigenvalue weighted by atomic mass is 10.2. The van der Waals surface area contributed by atoms with E-state index >= 15 is 0 Å². The average molecular weight is 414 g/mol. The number of hydrazine groups is 1. The van der Waals surface area contributed by atoms with Gasteiger partial charge in [-0.05, 0) is 23.1 Å². The molecule has 2 aromatic rings. The van der Waals surface area contributed by atoms with E-state index in [1.54, 1.807) is 4.90 Å². The maximum absolute atomic E-state index is 12.7. The Morgan fingerprint density at radius 2 is 2.10 bits per heavy atom. The van der Waals surface area contributed by atoms with E-state index in [0.717, 1.165) is 12.1 Å². The number of benzene rings is 1. The summed E-state index contributed by atoms with van der Waals surface area (Å²) in [5.74, 6) is -0.781. The van der Waals surface area contributed by atoms with Crippen LogP contribution in [-0.4, -0.2) is 51.5 Å². The SMILES string of the molecule is O=C(CN1CCOc2nc([N+](=O)[O-])cn2CC1)NNc1cccc(C(F)(F)F)c1. The smallest absolute Gasteiger partial charge is 0.416 e. The van der Waals surface area contributed by atoms with Crippen molar-refractivity contribution in [1.82, 2.24) is 19.9 Å². The lowest BCUT2D eigenvalue weighted by molar-refractivity contribution is -0.389. The van der Waals surface area contributed by atoms with Gasteiger partial charge in [-0.25, -0.2) is 0 Å². The van der Waals surface area contributed by atoms with E-state index in [1.807, 2.05) is 0 Å². The Kier molecular flexibility index (Phi) is 5.87. The molecule has 0 atom stereocenters. The Bertz CT molecular complexity index is 901. The normalized spacial score (nSPS) is 14.9. The van der Waals surface area contributed by atoms with Gasteiger partial charge in [-0.15, -0.1) is 0 Å². The summed E-state index contributed by atoms with van der Waals surface area (Å²) < 4.78 is 45.1. The third-order valence-electron chi connectivity index (χ3n) is 4.11. The molecule has 10 nitrogen and oxygen atoms in total. The van der Waals surface area contributed by atoms with Crippen LogP contribution in [0.15, 0.2) is 30.5 Å². The lowest BCUT2D eigenvalue weighted by Crippen LogP contribution is -2.43. The largest absolute Gasteiger partial charge is 0.444 e. The zero-order valence-corrected chi connectivity index (χ0v) is 15.0. The number of nitro groups is 1. The molecule has 1 aromatic heterocycles. The van der Waals surface area contributed by atoms with Gasteiger partial charge in [-0.3, -0.25) is 25.1 Å². The Balaban J connectivity index is 1.52. The van der Waals surface area contributed by atoms with Crippen LogP contribution in [0.1, 0.15) is 5.56 Å². The van der Waals surface area contributed by atoms with Gasteiger partial charge in [-0.1, -0.05) is 6.07 Å². The molecule has 2 N–H and O–H groups in total. The van der Waals surface area contributed by atoms with Gasteiger partial charge in [0.25, 0.3) is 5.91 Å². The predicted octanol–water partition coefficient (Wildman–Crippen LogP) is 1.65. The number of aromatic nitrogens is 2. The van der Waals surface area contributed by atoms with Crippen molar-refractivity contribution in [2.75, 3.05) is 31.7 Å². The number of anilines is 1. The highest BCUT2D eigenvalue weighted by molar-refractivity contribution is 5.79. The van der Waals surface area contributed by atoms with E-state index in [4.69, 9.17) is 4.74 Å². The fourth-order valence-corrected chi connectivity index (χ4v) is 2.69. The number of fused-ring (bicyclic) bond motifs is 1. The fourth-order valence-electron chi connectivity index (χ4n) is 2.69. The average Bonchev–Trinajstić information content (AvgIpc) is 3.04. The molecule has 0 radical (unpaired) electrons. The Hall–Kier alpha value is -3.35. The van der Waals surface area contributed by atoms with Gasteiger partial charge in [0.05, 0.1) is 17.8 Å². The summed E-state index contributed by atoms with van der Waals surface area (Å²) in [6, 6.07) is 4.59. The van der Waals surface area contributed by atoms with Gasteiger partial charge in [0.1, 0.15) is 12.8 Å². The van der Waals surface area contributed by atoms with Crippen molar-refractivity contribution < 1.29 is 27.6 Å². The molecule has 0 saturated heterocycles. The third-order valence-corrected chi connectivity index (χ3v) is 4.11. The molecule has 0 fully saturated rings. The molecule has 0 spiro atoms. The molecule has 13 heteroatoms. The highest BCUT2D eigenvalue weighted by Crippen LogP contribution is 2.30. The van der Waals surface area contributed by atoms with E-state index in [0.29, 0.717) is 19.6 Å². The molecule has 0 saturated carbocycles. The van der Waals surface area contributed by atoms with Crippen LogP contribution in [0.25, 0.3) is 0 Å². The van der Waals surface area contributed by atoms with Crippen molar-refractivity contribution in [2.45, 2.75) is 12.7 Å². The number of carbonyl (C=O) groups excluding carboxylic acids is 1. The minimum atomic E-state index is -4.48. The lowest BCUT2D eigenvalue weighted by Gasteiger charge is -2.23. The minimum absolute atomic E-state index is 0.0402. The number of nitrogens with one attached hydrogen (secondary N) is 2. The highest BCUT2D eigenvalue weighted by Gasteiger charge is 2.30. The van der Waals surface area contributed by atoms with E-state index in [9.17, 15) is 28.1 Å². The van der Waals surface area contributed by atoms with Crippen molar-refractivity contribution in [1.29, 1.82) is 0 Å². The molecule has 29 heavy (non-hydrogen) atoms. The predicted molar refractivity (Wildman–Crippen MR) is 94.0 cm³/mol. The molecule has 156 valence electrons. The van der Waals surface area contributed by atoms with Crippen LogP contribution in [0.3, 0.4) is 0 Å². The monoisotopic (exact) mass is 414 g/mol. The number of carbonyl (C=O) groups is 1. The van der Waals surface area contributed by atoms with Gasteiger partial charge in [0, 0.05) is 24.6 Å². The van der Waals surface area contributed by atoms with Gasteiger partial charge >= 0.3 is 18.0 Å². The van der Waals surface area contributed by atoms with Crippen molar-refractivity contribution in [3.63, 3.8) is 0 Å². The molecular formula is C16H17F3N6O4. The Morgan fingerprint density at radius 3 is 2.83 bits per heavy atom. The standard InChI is InChI=1S/C16H17F3N6O4/c17-16(18,19)11-2-1-3-12(8-11)21-22-14(26)10-23-4-5-24-9-13(25(27)28)20-15(24)29-7-6-23/h1-3,8-9,21H,4-7,10H2,(H,22,26). The van der Waals surface area contributed by atoms with E-state index < -0.39 is 22.6 Å². The number of amides is 1. The summed E-state index contributed by atoms with van der Waals surface area (Å²) in [5.41, 5.74) is 4.08. The van der Waals surface area contributed by atoms with Crippen LogP contribution >= 0.6 is 0 Å². The van der Waals surface area contributed by atoms with Gasteiger partial charge in [-0.2, -0.15) is 13.2 Å². The molecule has 2 heterocycles. The second-order valence-electron chi connectivity index (χ2n) is 6.21. The number of rotatable bonds is 5. The summed E-state index contributed by atoms with van der Waals surface area (Å²) >= 11 is 0. The summed E-state index contributed by atoms with van der Waals surface area (Å²) in [4.78, 5) is 27.8. The van der Waals surface area contributed by atoms with E-state index in [2.05, 4.69) is 15.8 Å². The van der Waals surface area contributed by atoms with E-state index in [1.165, 1.54) is 22.9 Å². The summed E-state index contributed by atoms with van der Waals surface area (Å²) in [5, 5.41) is 10.8. The number of imidazole rings is 1. The molecule has 1 aliphatic rings. The summed E-state index contributed by atoms with van der Waals surface area (Å²) in [6.07, 6.45) is -3.22. The molecule has 3 rings (SSSR count). The summed E-state index contributed by atoms with van der Waals surface area (Å²) in [6.45, 7) is 1.23. The molecule has 0 aliphatic carbocycles. The van der Waals surface area contributed by atoms with Crippen molar-refractivity contribution in [3.8, 4) is 6.01 Å².